The highest BCUT2D eigenvalue weighted by Gasteiger charge is 2.23. The van der Waals surface area contributed by atoms with Crippen LogP contribution in [-0.4, -0.2) is 47.8 Å². The molecule has 0 saturated carbocycles. The van der Waals surface area contributed by atoms with Crippen LogP contribution in [0.15, 0.2) is 48.5 Å². The molecule has 0 bridgehead atoms. The first-order valence-electron chi connectivity index (χ1n) is 8.41. The lowest BCUT2D eigenvalue weighted by Gasteiger charge is -2.34. The number of piperazine rings is 1. The van der Waals surface area contributed by atoms with Gasteiger partial charge in [0.15, 0.2) is 0 Å². The predicted octanol–water partition coefficient (Wildman–Crippen LogP) is 4.64. The minimum Gasteiger partial charge on any atom is -0.336 e. The van der Waals surface area contributed by atoms with E-state index in [2.05, 4.69) is 0 Å². The monoisotopic (exact) mass is 422 g/mol. The molecule has 0 aliphatic carbocycles. The molecule has 7 heteroatoms. The van der Waals surface area contributed by atoms with E-state index < -0.39 is 0 Å². The maximum atomic E-state index is 12.5. The molecule has 4 nitrogen and oxygen atoms in total. The van der Waals surface area contributed by atoms with Crippen molar-refractivity contribution in [1.82, 2.24) is 9.80 Å². The van der Waals surface area contributed by atoms with Crippen LogP contribution in [0.4, 0.5) is 0 Å². The first kappa shape index (κ1) is 19.7. The zero-order valence-electron chi connectivity index (χ0n) is 14.4. The second kappa shape index (κ2) is 8.79. The van der Waals surface area contributed by atoms with E-state index in [0.29, 0.717) is 46.8 Å². The lowest BCUT2D eigenvalue weighted by molar-refractivity contribution is -0.127. The number of carbonyl (C=O) groups excluding carboxylic acids is 2. The molecule has 0 spiro atoms. The predicted molar refractivity (Wildman–Crippen MR) is 109 cm³/mol. The maximum Gasteiger partial charge on any atom is 0.253 e. The Balaban J connectivity index is 1.55. The summed E-state index contributed by atoms with van der Waals surface area (Å²) in [5.74, 6) is -0.148. The molecule has 0 radical (unpaired) electrons. The fourth-order valence-corrected chi connectivity index (χ4v) is 3.23. The Kier molecular flexibility index (Phi) is 6.42. The van der Waals surface area contributed by atoms with Crippen molar-refractivity contribution in [3.63, 3.8) is 0 Å². The van der Waals surface area contributed by atoms with Crippen molar-refractivity contribution in [2.45, 2.75) is 0 Å². The third kappa shape index (κ3) is 5.04. The van der Waals surface area contributed by atoms with Crippen LogP contribution in [0, 0.1) is 0 Å². The topological polar surface area (TPSA) is 40.6 Å². The number of hydrogen-bond donors (Lipinski definition) is 0. The van der Waals surface area contributed by atoms with Gasteiger partial charge in [-0.25, -0.2) is 0 Å². The normalized spacial score (nSPS) is 14.6. The lowest BCUT2D eigenvalue weighted by atomic mass is 10.1. The molecule has 2 aromatic rings. The average Bonchev–Trinajstić information content (AvgIpc) is 2.69. The summed E-state index contributed by atoms with van der Waals surface area (Å²) in [5.41, 5.74) is 1.40. The molecule has 2 amide bonds. The SMILES string of the molecule is O=C(C=Cc1ccc(Cl)c(Cl)c1)N1CCN(C(=O)c2ccc(Cl)cc2)CC1. The van der Waals surface area contributed by atoms with Crippen LogP contribution in [0.5, 0.6) is 0 Å². The van der Waals surface area contributed by atoms with Gasteiger partial charge in [-0.05, 0) is 48.0 Å². The lowest BCUT2D eigenvalue weighted by Crippen LogP contribution is -2.50. The standard InChI is InChI=1S/C20H17Cl3N2O2/c21-16-5-3-15(4-6-16)20(27)25-11-9-24(10-12-25)19(26)8-2-14-1-7-17(22)18(23)13-14/h1-8,13H,9-12H2. The van der Waals surface area contributed by atoms with E-state index in [1.165, 1.54) is 6.08 Å². The Bertz CT molecular complexity index is 873. The Morgan fingerprint density at radius 2 is 1.44 bits per heavy atom. The van der Waals surface area contributed by atoms with E-state index >= 15 is 0 Å². The minimum absolute atomic E-state index is 0.0508. The Labute approximate surface area is 172 Å². The van der Waals surface area contributed by atoms with Gasteiger partial charge in [0.25, 0.3) is 5.91 Å². The number of benzene rings is 2. The summed E-state index contributed by atoms with van der Waals surface area (Å²) in [6.07, 6.45) is 3.21. The van der Waals surface area contributed by atoms with Crippen LogP contribution in [0.3, 0.4) is 0 Å². The Morgan fingerprint density at radius 1 is 0.815 bits per heavy atom. The third-order valence-corrected chi connectivity index (χ3v) is 5.32. The molecule has 27 heavy (non-hydrogen) atoms. The quantitative estimate of drug-likeness (QED) is 0.675. The number of hydrogen-bond acceptors (Lipinski definition) is 2. The smallest absolute Gasteiger partial charge is 0.253 e. The van der Waals surface area contributed by atoms with Gasteiger partial charge in [-0.2, -0.15) is 0 Å². The molecular formula is C20H17Cl3N2O2. The fourth-order valence-electron chi connectivity index (χ4n) is 2.79. The highest BCUT2D eigenvalue weighted by Crippen LogP contribution is 2.23. The number of halogens is 3. The molecule has 0 atom stereocenters. The summed E-state index contributed by atoms with van der Waals surface area (Å²) in [5, 5.41) is 1.51. The number of rotatable bonds is 3. The average molecular weight is 424 g/mol. The molecule has 0 aromatic heterocycles. The van der Waals surface area contributed by atoms with Gasteiger partial charge in [0.1, 0.15) is 0 Å². The molecule has 1 saturated heterocycles. The van der Waals surface area contributed by atoms with Crippen LogP contribution in [0.2, 0.25) is 15.1 Å². The van der Waals surface area contributed by atoms with Gasteiger partial charge in [-0.3, -0.25) is 9.59 Å². The molecule has 0 N–H and O–H groups in total. The van der Waals surface area contributed by atoms with Crippen LogP contribution >= 0.6 is 34.8 Å². The Morgan fingerprint density at radius 3 is 2.07 bits per heavy atom. The molecule has 0 unspecified atom stereocenters. The second-order valence-corrected chi connectivity index (χ2v) is 7.38. The summed E-state index contributed by atoms with van der Waals surface area (Å²) >= 11 is 17.7. The van der Waals surface area contributed by atoms with Gasteiger partial charge in [-0.15, -0.1) is 0 Å². The fraction of sp³-hybridized carbons (Fsp3) is 0.200. The van der Waals surface area contributed by atoms with Crippen LogP contribution in [0.1, 0.15) is 15.9 Å². The zero-order valence-corrected chi connectivity index (χ0v) is 16.6. The van der Waals surface area contributed by atoms with Gasteiger partial charge < -0.3 is 9.80 Å². The van der Waals surface area contributed by atoms with Crippen molar-refractivity contribution in [1.29, 1.82) is 0 Å². The van der Waals surface area contributed by atoms with Crippen molar-refractivity contribution in [2.75, 3.05) is 26.2 Å². The summed E-state index contributed by atoms with van der Waals surface area (Å²) in [7, 11) is 0. The highest BCUT2D eigenvalue weighted by molar-refractivity contribution is 6.42. The van der Waals surface area contributed by atoms with Gasteiger partial charge in [-0.1, -0.05) is 40.9 Å². The second-order valence-electron chi connectivity index (χ2n) is 6.13. The van der Waals surface area contributed by atoms with E-state index in [4.69, 9.17) is 34.8 Å². The first-order valence-corrected chi connectivity index (χ1v) is 9.54. The maximum absolute atomic E-state index is 12.5. The summed E-state index contributed by atoms with van der Waals surface area (Å²) in [6.45, 7) is 1.97. The van der Waals surface area contributed by atoms with E-state index in [-0.39, 0.29) is 11.8 Å². The summed E-state index contributed by atoms with van der Waals surface area (Å²) < 4.78 is 0. The van der Waals surface area contributed by atoms with E-state index in [1.807, 2.05) is 0 Å². The van der Waals surface area contributed by atoms with Gasteiger partial charge in [0, 0.05) is 42.8 Å². The molecule has 3 rings (SSSR count). The number of carbonyl (C=O) groups is 2. The van der Waals surface area contributed by atoms with Crippen LogP contribution in [-0.2, 0) is 4.79 Å². The first-order chi connectivity index (χ1) is 12.9. The largest absolute Gasteiger partial charge is 0.336 e. The summed E-state index contributed by atoms with van der Waals surface area (Å²) in [4.78, 5) is 28.3. The highest BCUT2D eigenvalue weighted by atomic mass is 35.5. The van der Waals surface area contributed by atoms with Crippen molar-refractivity contribution in [3.8, 4) is 0 Å². The molecule has 1 fully saturated rings. The number of amides is 2. The minimum atomic E-state index is -0.0975. The van der Waals surface area contributed by atoms with Gasteiger partial charge in [0.05, 0.1) is 10.0 Å². The van der Waals surface area contributed by atoms with Gasteiger partial charge in [0.2, 0.25) is 5.91 Å². The summed E-state index contributed by atoms with van der Waals surface area (Å²) in [6, 6.07) is 12.0. The third-order valence-electron chi connectivity index (χ3n) is 4.33. The van der Waals surface area contributed by atoms with Gasteiger partial charge >= 0.3 is 0 Å². The number of nitrogens with zero attached hydrogens (tertiary/aromatic N) is 2. The van der Waals surface area contributed by atoms with Crippen molar-refractivity contribution in [3.05, 3.63) is 74.7 Å². The molecule has 2 aromatic carbocycles. The molecule has 1 heterocycles. The molecular weight excluding hydrogens is 407 g/mol. The van der Waals surface area contributed by atoms with Crippen LogP contribution < -0.4 is 0 Å². The molecule has 140 valence electrons. The van der Waals surface area contributed by atoms with E-state index in [9.17, 15) is 9.59 Å². The zero-order chi connectivity index (χ0) is 19.4. The van der Waals surface area contributed by atoms with Crippen molar-refractivity contribution < 1.29 is 9.59 Å². The molecule has 1 aliphatic heterocycles. The van der Waals surface area contributed by atoms with Crippen LogP contribution in [0.25, 0.3) is 6.08 Å². The van der Waals surface area contributed by atoms with Crippen molar-refractivity contribution >= 4 is 52.7 Å². The Hall–Kier alpha value is -2.01. The van der Waals surface area contributed by atoms with Crippen molar-refractivity contribution in [2.24, 2.45) is 0 Å². The van der Waals surface area contributed by atoms with E-state index in [0.717, 1.165) is 5.56 Å². The molecule has 1 aliphatic rings. The van der Waals surface area contributed by atoms with E-state index in [1.54, 1.807) is 58.3 Å².